The SMILES string of the molecule is CC1c2ccccc2-c2ccc3ccccc3c2C1C1=CC=C(N(c2ccccc2)c2cccc(C3(c4ccccc4)C4=C5C(CC=C4)c4ccccc4C5(c4ccccc4)c4ccccc43)c2)CC1. The maximum atomic E-state index is 2.55. The third-order valence-corrected chi connectivity index (χ3v) is 16.9. The summed E-state index contributed by atoms with van der Waals surface area (Å²) in [6.07, 6.45) is 12.8. The van der Waals surface area contributed by atoms with E-state index in [-0.39, 0.29) is 11.8 Å². The first-order valence-electron chi connectivity index (χ1n) is 25.4. The molecule has 1 heteroatoms. The molecule has 9 aromatic rings. The molecule has 1 nitrogen and oxygen atoms in total. The Balaban J connectivity index is 0.972. The number of anilines is 2. The molecule has 0 heterocycles. The highest BCUT2D eigenvalue weighted by molar-refractivity contribution is 5.95. The van der Waals surface area contributed by atoms with E-state index < -0.39 is 10.8 Å². The third kappa shape index (κ3) is 5.73. The molecular weight excluding hydrogens is 843 g/mol. The molecule has 5 aliphatic rings. The van der Waals surface area contributed by atoms with Gasteiger partial charge in [0.25, 0.3) is 0 Å². The molecule has 0 fully saturated rings. The van der Waals surface area contributed by atoms with Crippen molar-refractivity contribution < 1.29 is 0 Å². The molecule has 0 aromatic heterocycles. The highest BCUT2D eigenvalue weighted by atomic mass is 15.1. The van der Waals surface area contributed by atoms with E-state index in [1.807, 2.05) is 0 Å². The monoisotopic (exact) mass is 895 g/mol. The van der Waals surface area contributed by atoms with E-state index in [1.165, 1.54) is 106 Å². The molecule has 0 radical (unpaired) electrons. The van der Waals surface area contributed by atoms with Gasteiger partial charge in [0.2, 0.25) is 0 Å². The molecule has 0 saturated heterocycles. The number of allylic oxidation sites excluding steroid dienone is 8. The largest absolute Gasteiger partial charge is 0.314 e. The lowest BCUT2D eigenvalue weighted by molar-refractivity contribution is 0.584. The minimum absolute atomic E-state index is 0.260. The molecule has 0 bridgehead atoms. The summed E-state index contributed by atoms with van der Waals surface area (Å²) in [7, 11) is 0. The van der Waals surface area contributed by atoms with Crippen LogP contribution in [0, 0.1) is 0 Å². The van der Waals surface area contributed by atoms with Gasteiger partial charge in [-0.05, 0) is 139 Å². The zero-order valence-corrected chi connectivity index (χ0v) is 39.5. The fraction of sp³-hybridized carbons (Fsp3) is 0.130. The van der Waals surface area contributed by atoms with Crippen LogP contribution in [-0.4, -0.2) is 0 Å². The Morgan fingerprint density at radius 3 is 1.84 bits per heavy atom. The molecule has 0 amide bonds. The Morgan fingerprint density at radius 1 is 0.471 bits per heavy atom. The van der Waals surface area contributed by atoms with Crippen LogP contribution in [-0.2, 0) is 10.8 Å². The van der Waals surface area contributed by atoms with Gasteiger partial charge in [0.05, 0.1) is 10.8 Å². The van der Waals surface area contributed by atoms with Gasteiger partial charge in [-0.1, -0.05) is 231 Å². The zero-order valence-electron chi connectivity index (χ0n) is 39.5. The van der Waals surface area contributed by atoms with E-state index in [0.29, 0.717) is 5.92 Å². The number of nitrogens with zero attached hydrogens (tertiary/aromatic N) is 1. The summed E-state index contributed by atoms with van der Waals surface area (Å²) in [4.78, 5) is 2.55. The molecule has 0 saturated carbocycles. The third-order valence-electron chi connectivity index (χ3n) is 16.9. The summed E-state index contributed by atoms with van der Waals surface area (Å²) < 4.78 is 0. The van der Waals surface area contributed by atoms with Crippen LogP contribution in [0.15, 0.2) is 271 Å². The molecule has 5 aliphatic carbocycles. The fourth-order valence-electron chi connectivity index (χ4n) is 14.2. The smallest absolute Gasteiger partial charge is 0.0705 e. The van der Waals surface area contributed by atoms with Gasteiger partial charge in [0.1, 0.15) is 0 Å². The van der Waals surface area contributed by atoms with E-state index in [0.717, 1.165) is 19.3 Å². The lowest BCUT2D eigenvalue weighted by Gasteiger charge is -2.51. The summed E-state index contributed by atoms with van der Waals surface area (Å²) in [5.74, 6) is 0.892. The minimum Gasteiger partial charge on any atom is -0.314 e. The molecular formula is C69H53N. The van der Waals surface area contributed by atoms with Crippen LogP contribution in [0.4, 0.5) is 11.4 Å². The number of hydrogen-bond acceptors (Lipinski definition) is 1. The van der Waals surface area contributed by atoms with Gasteiger partial charge in [0.15, 0.2) is 0 Å². The van der Waals surface area contributed by atoms with E-state index in [9.17, 15) is 0 Å². The molecule has 0 aliphatic heterocycles. The van der Waals surface area contributed by atoms with Crippen LogP contribution < -0.4 is 4.90 Å². The molecule has 0 N–H and O–H groups in total. The second-order valence-corrected chi connectivity index (χ2v) is 20.1. The zero-order chi connectivity index (χ0) is 46.4. The summed E-state index contributed by atoms with van der Waals surface area (Å²) in [5.41, 5.74) is 22.2. The first kappa shape index (κ1) is 41.0. The van der Waals surface area contributed by atoms with Crippen molar-refractivity contribution in [1.82, 2.24) is 0 Å². The summed E-state index contributed by atoms with van der Waals surface area (Å²) in [5, 5.41) is 2.69. The van der Waals surface area contributed by atoms with Crippen molar-refractivity contribution in [3.63, 3.8) is 0 Å². The second-order valence-electron chi connectivity index (χ2n) is 20.1. The maximum Gasteiger partial charge on any atom is 0.0705 e. The number of rotatable bonds is 7. The quantitative estimate of drug-likeness (QED) is 0.154. The van der Waals surface area contributed by atoms with Gasteiger partial charge in [-0.15, -0.1) is 0 Å². The summed E-state index contributed by atoms with van der Waals surface area (Å²) in [6.45, 7) is 2.45. The Hall–Kier alpha value is -8.00. The number of benzene rings is 9. The topological polar surface area (TPSA) is 3.24 Å². The van der Waals surface area contributed by atoms with Gasteiger partial charge in [-0.25, -0.2) is 0 Å². The summed E-state index contributed by atoms with van der Waals surface area (Å²) >= 11 is 0. The predicted molar refractivity (Wildman–Crippen MR) is 290 cm³/mol. The van der Waals surface area contributed by atoms with E-state index in [1.54, 1.807) is 0 Å². The van der Waals surface area contributed by atoms with Crippen LogP contribution in [0.1, 0.15) is 94.0 Å². The second kappa shape index (κ2) is 16.0. The Kier molecular flexibility index (Phi) is 9.40. The Bertz CT molecular complexity index is 3670. The predicted octanol–water partition coefficient (Wildman–Crippen LogP) is 17.2. The Morgan fingerprint density at radius 2 is 1.09 bits per heavy atom. The highest BCUT2D eigenvalue weighted by Crippen LogP contribution is 2.68. The van der Waals surface area contributed by atoms with Crippen LogP contribution in [0.25, 0.3) is 21.9 Å². The molecule has 5 atom stereocenters. The van der Waals surface area contributed by atoms with Gasteiger partial charge in [-0.3, -0.25) is 0 Å². The van der Waals surface area contributed by atoms with Gasteiger partial charge in [0, 0.05) is 28.9 Å². The average molecular weight is 896 g/mol. The molecule has 5 unspecified atom stereocenters. The minimum atomic E-state index is -0.599. The molecule has 334 valence electrons. The van der Waals surface area contributed by atoms with Gasteiger partial charge >= 0.3 is 0 Å². The first-order valence-corrected chi connectivity index (χ1v) is 25.4. The number of hydrogen-bond donors (Lipinski definition) is 0. The normalized spacial score (nSPS) is 22.5. The fourth-order valence-corrected chi connectivity index (χ4v) is 14.2. The Labute approximate surface area is 412 Å². The van der Waals surface area contributed by atoms with Crippen molar-refractivity contribution in [1.29, 1.82) is 0 Å². The van der Waals surface area contributed by atoms with E-state index in [4.69, 9.17) is 0 Å². The van der Waals surface area contributed by atoms with Gasteiger partial charge in [-0.2, -0.15) is 0 Å². The van der Waals surface area contributed by atoms with Crippen LogP contribution in [0.5, 0.6) is 0 Å². The summed E-state index contributed by atoms with van der Waals surface area (Å²) in [6, 6.07) is 85.0. The van der Waals surface area contributed by atoms with Crippen LogP contribution in [0.2, 0.25) is 0 Å². The van der Waals surface area contributed by atoms with Crippen molar-refractivity contribution in [3.05, 3.63) is 321 Å². The van der Waals surface area contributed by atoms with Crippen molar-refractivity contribution in [2.24, 2.45) is 0 Å². The average Bonchev–Trinajstić information content (AvgIpc) is 3.75. The maximum absolute atomic E-state index is 2.55. The lowest BCUT2D eigenvalue weighted by Crippen LogP contribution is -2.45. The van der Waals surface area contributed by atoms with Crippen LogP contribution >= 0.6 is 0 Å². The van der Waals surface area contributed by atoms with Crippen molar-refractivity contribution in [3.8, 4) is 11.1 Å². The molecule has 70 heavy (non-hydrogen) atoms. The molecule has 14 rings (SSSR count). The first-order chi connectivity index (χ1) is 34.7. The standard InChI is InChI=1S/C69H53N/c1-46-55-30-13-14-32-57(55)59-44-41-47-21-11-12-31-56(47)66(59)65(46)48-39-42-53(43-40-48)70(52-27-9-4-10-28-52)54-29-19-26-51(45-54)68(49-22-5-2-6-23-49)62-36-17-18-37-63(62)69(50-24-7-3-8-25-50)61-35-16-15-33-58(61)60-34-20-38-64(68)67(60)69/h2-33,35-39,41-42,44-46,60,65H,34,40,43H2,1H3. The van der Waals surface area contributed by atoms with Crippen molar-refractivity contribution in [2.45, 2.75) is 54.8 Å². The van der Waals surface area contributed by atoms with E-state index in [2.05, 4.69) is 261 Å². The molecule has 9 aromatic carbocycles. The van der Waals surface area contributed by atoms with E-state index >= 15 is 0 Å². The van der Waals surface area contributed by atoms with Crippen LogP contribution in [0.3, 0.4) is 0 Å². The lowest BCUT2D eigenvalue weighted by atomic mass is 9.50. The number of para-hydroxylation sites is 1. The van der Waals surface area contributed by atoms with Crippen molar-refractivity contribution in [2.75, 3.05) is 4.90 Å². The van der Waals surface area contributed by atoms with Gasteiger partial charge < -0.3 is 4.90 Å². The number of fused-ring (bicyclic) bond motifs is 10. The van der Waals surface area contributed by atoms with Crippen molar-refractivity contribution >= 4 is 22.1 Å². The molecule has 0 spiro atoms. The highest BCUT2D eigenvalue weighted by Gasteiger charge is 2.60.